The molecule has 1 saturated heterocycles. The molecule has 1 N–H and O–H groups in total. The first kappa shape index (κ1) is 20.7. The molecule has 1 fully saturated rings. The van der Waals surface area contributed by atoms with Gasteiger partial charge >= 0.3 is 0 Å². The predicted molar refractivity (Wildman–Crippen MR) is 113 cm³/mol. The second-order valence-electron chi connectivity index (χ2n) is 7.44. The highest BCUT2D eigenvalue weighted by Gasteiger charge is 2.26. The highest BCUT2D eigenvalue weighted by atomic mass is 35.5. The van der Waals surface area contributed by atoms with E-state index in [1.807, 2.05) is 24.3 Å². The SMILES string of the molecule is CC(C)c1ccc(C(=O)NC2CCN(C(=O)c3cc(Cl)ccc3Cl)CC2)cc1. The molecular weight excluding hydrogens is 395 g/mol. The van der Waals surface area contributed by atoms with Gasteiger partial charge in [-0.1, -0.05) is 49.2 Å². The van der Waals surface area contributed by atoms with Crippen molar-refractivity contribution in [3.05, 3.63) is 69.2 Å². The third-order valence-electron chi connectivity index (χ3n) is 5.12. The number of carbonyl (C=O) groups is 2. The van der Waals surface area contributed by atoms with Crippen LogP contribution in [0.3, 0.4) is 0 Å². The monoisotopic (exact) mass is 418 g/mol. The largest absolute Gasteiger partial charge is 0.349 e. The molecule has 1 aliphatic heterocycles. The van der Waals surface area contributed by atoms with Crippen molar-refractivity contribution in [2.45, 2.75) is 38.6 Å². The molecule has 6 heteroatoms. The van der Waals surface area contributed by atoms with Crippen LogP contribution in [0.4, 0.5) is 0 Å². The number of piperidine rings is 1. The number of hydrogen-bond acceptors (Lipinski definition) is 2. The van der Waals surface area contributed by atoms with Crippen molar-refractivity contribution in [1.82, 2.24) is 10.2 Å². The van der Waals surface area contributed by atoms with E-state index in [1.165, 1.54) is 5.56 Å². The summed E-state index contributed by atoms with van der Waals surface area (Å²) in [7, 11) is 0. The van der Waals surface area contributed by atoms with E-state index in [4.69, 9.17) is 23.2 Å². The molecule has 0 aliphatic carbocycles. The Hall–Kier alpha value is -2.04. The average molecular weight is 419 g/mol. The topological polar surface area (TPSA) is 49.4 Å². The first-order valence-corrected chi connectivity index (χ1v) is 10.3. The maximum Gasteiger partial charge on any atom is 0.255 e. The van der Waals surface area contributed by atoms with Gasteiger partial charge in [-0.3, -0.25) is 9.59 Å². The number of halogens is 2. The normalized spacial score (nSPS) is 15.0. The van der Waals surface area contributed by atoms with Gasteiger partial charge in [0.15, 0.2) is 0 Å². The van der Waals surface area contributed by atoms with E-state index in [1.54, 1.807) is 23.1 Å². The molecule has 0 aromatic heterocycles. The van der Waals surface area contributed by atoms with Crippen LogP contribution in [-0.2, 0) is 0 Å². The molecule has 0 saturated carbocycles. The maximum absolute atomic E-state index is 12.7. The summed E-state index contributed by atoms with van der Waals surface area (Å²) in [5.74, 6) is 0.242. The van der Waals surface area contributed by atoms with Gasteiger partial charge in [-0.05, 0) is 54.7 Å². The first-order chi connectivity index (χ1) is 13.3. The number of benzene rings is 2. The van der Waals surface area contributed by atoms with Gasteiger partial charge in [-0.15, -0.1) is 0 Å². The Kier molecular flexibility index (Phi) is 6.63. The van der Waals surface area contributed by atoms with Crippen LogP contribution in [0.25, 0.3) is 0 Å². The van der Waals surface area contributed by atoms with Crippen LogP contribution in [0.2, 0.25) is 10.0 Å². The molecule has 1 aliphatic rings. The third-order valence-corrected chi connectivity index (χ3v) is 5.68. The molecule has 0 bridgehead atoms. The Morgan fingerprint density at radius 2 is 1.68 bits per heavy atom. The Labute approximate surface area is 175 Å². The lowest BCUT2D eigenvalue weighted by Gasteiger charge is -2.32. The van der Waals surface area contributed by atoms with Gasteiger partial charge in [0.05, 0.1) is 10.6 Å². The summed E-state index contributed by atoms with van der Waals surface area (Å²) in [4.78, 5) is 27.0. The predicted octanol–water partition coefficient (Wildman–Crippen LogP) is 5.15. The standard InChI is InChI=1S/C22H24Cl2N2O2/c1-14(2)15-3-5-16(6-4-15)21(27)25-18-9-11-26(12-10-18)22(28)19-13-17(23)7-8-20(19)24/h3-8,13-14,18H,9-12H2,1-2H3,(H,25,27). The van der Waals surface area contributed by atoms with Crippen LogP contribution in [-0.4, -0.2) is 35.8 Å². The number of rotatable bonds is 4. The van der Waals surface area contributed by atoms with Crippen molar-refractivity contribution in [2.75, 3.05) is 13.1 Å². The zero-order valence-corrected chi connectivity index (χ0v) is 17.6. The highest BCUT2D eigenvalue weighted by Crippen LogP contribution is 2.24. The number of nitrogens with zero attached hydrogens (tertiary/aromatic N) is 1. The lowest BCUT2D eigenvalue weighted by Crippen LogP contribution is -2.46. The number of hydrogen-bond donors (Lipinski definition) is 1. The quantitative estimate of drug-likeness (QED) is 0.745. The molecule has 3 rings (SSSR count). The van der Waals surface area contributed by atoms with E-state index < -0.39 is 0 Å². The van der Waals surface area contributed by atoms with Crippen LogP contribution >= 0.6 is 23.2 Å². The molecule has 0 radical (unpaired) electrons. The Morgan fingerprint density at radius 1 is 1.04 bits per heavy atom. The molecular formula is C22H24Cl2N2O2. The van der Waals surface area contributed by atoms with E-state index in [-0.39, 0.29) is 17.9 Å². The van der Waals surface area contributed by atoms with E-state index in [0.717, 1.165) is 0 Å². The van der Waals surface area contributed by atoms with Crippen LogP contribution in [0.5, 0.6) is 0 Å². The van der Waals surface area contributed by atoms with Gasteiger partial charge in [0.2, 0.25) is 0 Å². The molecule has 28 heavy (non-hydrogen) atoms. The zero-order valence-electron chi connectivity index (χ0n) is 16.0. The molecule has 2 aromatic carbocycles. The van der Waals surface area contributed by atoms with E-state index in [2.05, 4.69) is 19.2 Å². The fourth-order valence-corrected chi connectivity index (χ4v) is 3.72. The molecule has 2 aromatic rings. The lowest BCUT2D eigenvalue weighted by molar-refractivity contribution is 0.0698. The molecule has 4 nitrogen and oxygen atoms in total. The van der Waals surface area contributed by atoms with Gasteiger partial charge in [-0.25, -0.2) is 0 Å². The number of amides is 2. The van der Waals surface area contributed by atoms with Gasteiger partial charge in [0, 0.05) is 29.7 Å². The minimum atomic E-state index is -0.124. The highest BCUT2D eigenvalue weighted by molar-refractivity contribution is 6.35. The summed E-state index contributed by atoms with van der Waals surface area (Å²) < 4.78 is 0. The molecule has 2 amide bonds. The van der Waals surface area contributed by atoms with Crippen molar-refractivity contribution < 1.29 is 9.59 Å². The smallest absolute Gasteiger partial charge is 0.255 e. The Morgan fingerprint density at radius 3 is 2.29 bits per heavy atom. The van der Waals surface area contributed by atoms with Gasteiger partial charge < -0.3 is 10.2 Å². The number of carbonyl (C=O) groups excluding carboxylic acids is 2. The summed E-state index contributed by atoms with van der Waals surface area (Å²) >= 11 is 12.1. The van der Waals surface area contributed by atoms with E-state index in [0.29, 0.717) is 53.0 Å². The van der Waals surface area contributed by atoms with Crippen molar-refractivity contribution >= 4 is 35.0 Å². The number of nitrogens with one attached hydrogen (secondary N) is 1. The summed E-state index contributed by atoms with van der Waals surface area (Å²) in [5, 5.41) is 3.96. The summed E-state index contributed by atoms with van der Waals surface area (Å²) in [6.07, 6.45) is 1.42. The fourth-order valence-electron chi connectivity index (χ4n) is 3.35. The maximum atomic E-state index is 12.7. The van der Waals surface area contributed by atoms with Crippen molar-refractivity contribution in [1.29, 1.82) is 0 Å². The summed E-state index contributed by atoms with van der Waals surface area (Å²) in [5.41, 5.74) is 2.29. The molecule has 0 unspecified atom stereocenters. The van der Waals surface area contributed by atoms with Crippen LogP contribution in [0.15, 0.2) is 42.5 Å². The fraction of sp³-hybridized carbons (Fsp3) is 0.364. The van der Waals surface area contributed by atoms with Crippen molar-refractivity contribution in [3.8, 4) is 0 Å². The average Bonchev–Trinajstić information content (AvgIpc) is 2.70. The van der Waals surface area contributed by atoms with Crippen LogP contribution < -0.4 is 5.32 Å². The van der Waals surface area contributed by atoms with Gasteiger partial charge in [0.1, 0.15) is 0 Å². The molecule has 0 atom stereocenters. The van der Waals surface area contributed by atoms with Gasteiger partial charge in [0.25, 0.3) is 11.8 Å². The molecule has 0 spiro atoms. The Bertz CT molecular complexity index is 857. The van der Waals surface area contributed by atoms with Gasteiger partial charge in [-0.2, -0.15) is 0 Å². The minimum Gasteiger partial charge on any atom is -0.349 e. The summed E-state index contributed by atoms with van der Waals surface area (Å²) in [6, 6.07) is 12.7. The Balaban J connectivity index is 1.55. The zero-order chi connectivity index (χ0) is 20.3. The van der Waals surface area contributed by atoms with Crippen molar-refractivity contribution in [3.63, 3.8) is 0 Å². The first-order valence-electron chi connectivity index (χ1n) is 9.50. The van der Waals surface area contributed by atoms with E-state index in [9.17, 15) is 9.59 Å². The van der Waals surface area contributed by atoms with Crippen LogP contribution in [0.1, 0.15) is 58.9 Å². The third kappa shape index (κ3) is 4.86. The molecule has 148 valence electrons. The minimum absolute atomic E-state index is 0.0520. The number of likely N-dealkylation sites (tertiary alicyclic amines) is 1. The summed E-state index contributed by atoms with van der Waals surface area (Å²) in [6.45, 7) is 5.39. The lowest BCUT2D eigenvalue weighted by atomic mass is 10.0. The van der Waals surface area contributed by atoms with Crippen LogP contribution in [0, 0.1) is 0 Å². The van der Waals surface area contributed by atoms with Crippen molar-refractivity contribution in [2.24, 2.45) is 0 Å². The second kappa shape index (κ2) is 8.97. The molecule has 1 heterocycles. The second-order valence-corrected chi connectivity index (χ2v) is 8.28. The van der Waals surface area contributed by atoms with E-state index >= 15 is 0 Å².